The molecular formula is C38H38F2N6O3. The Balaban J connectivity index is 1.35. The average Bonchev–Trinajstić information content (AvgIpc) is 3.79. The number of fused-ring (bicyclic) bond motifs is 3. The highest BCUT2D eigenvalue weighted by atomic mass is 19.1. The van der Waals surface area contributed by atoms with E-state index in [1.807, 2.05) is 23.8 Å². The van der Waals surface area contributed by atoms with Crippen LogP contribution in [0.15, 0.2) is 49.2 Å². The number of likely N-dealkylation sites (tertiary alicyclic amines) is 2. The number of benzene rings is 2. The molecule has 4 aromatic rings. The molecule has 2 aromatic carbocycles. The van der Waals surface area contributed by atoms with Gasteiger partial charge in [0, 0.05) is 62.2 Å². The molecule has 0 radical (unpaired) electrons. The van der Waals surface area contributed by atoms with Gasteiger partial charge in [0.15, 0.2) is 5.82 Å². The smallest absolute Gasteiger partial charge is 0.319 e. The Kier molecular flexibility index (Phi) is 8.21. The van der Waals surface area contributed by atoms with E-state index in [9.17, 15) is 14.0 Å². The van der Waals surface area contributed by atoms with Gasteiger partial charge in [-0.1, -0.05) is 43.2 Å². The van der Waals surface area contributed by atoms with E-state index in [1.165, 1.54) is 18.3 Å². The van der Waals surface area contributed by atoms with Crippen molar-refractivity contribution >= 4 is 39.3 Å². The molecule has 7 rings (SSSR count). The molecule has 2 saturated heterocycles. The number of nitrogens with zero attached hydrogens (tertiary/aromatic N) is 6. The number of terminal acetylenes is 1. The molecule has 1 saturated carbocycles. The summed E-state index contributed by atoms with van der Waals surface area (Å²) in [5.74, 6) is 1.72. The standard InChI is InChI=1S/C38H38F2N6O3/c1-6-26-29(39)14-13-24-10-8-12-27(32(24)26)34-33(40)35-28(18-41-34)36(44(5)30-15-17-46(22(30)3)31(48)7-2)43-37(42-35)49-21-38-16-9-11-25(38)19-45(20-38)23(4)47/h1,7-8,10,12-14,18,22,25,30H,2,9,11,15-17,19-21H2,3-5H3/t22-,25?,30?,38?/m1/s1. The van der Waals surface area contributed by atoms with E-state index in [-0.39, 0.29) is 58.7 Å². The molecule has 3 aliphatic rings. The minimum absolute atomic E-state index is 0.00431. The van der Waals surface area contributed by atoms with Crippen molar-refractivity contribution in [3.63, 3.8) is 0 Å². The van der Waals surface area contributed by atoms with Gasteiger partial charge < -0.3 is 19.4 Å². The molecule has 0 bridgehead atoms. The number of carbonyl (C=O) groups is 2. The van der Waals surface area contributed by atoms with Gasteiger partial charge in [-0.05, 0) is 49.6 Å². The molecular weight excluding hydrogens is 626 g/mol. The fraction of sp³-hybridized carbons (Fsp3) is 0.395. The third kappa shape index (κ3) is 5.34. The SMILES string of the molecule is C#Cc1c(F)ccc2cccc(-c3ncc4c(N(C)C5CCN(C(=O)C=C)[C@@H]5C)nc(OCC56CCCC5CN(C(C)=O)C6)nc4c3F)c12. The lowest BCUT2D eigenvalue weighted by Gasteiger charge is -2.32. The molecule has 9 nitrogen and oxygen atoms in total. The van der Waals surface area contributed by atoms with E-state index in [1.54, 1.807) is 36.1 Å². The second kappa shape index (κ2) is 12.4. The van der Waals surface area contributed by atoms with Crippen LogP contribution in [0, 0.1) is 35.3 Å². The first-order valence-corrected chi connectivity index (χ1v) is 16.7. The lowest BCUT2D eigenvalue weighted by Crippen LogP contribution is -2.43. The molecule has 4 atom stereocenters. The fourth-order valence-electron chi connectivity index (χ4n) is 8.36. The monoisotopic (exact) mass is 664 g/mol. The summed E-state index contributed by atoms with van der Waals surface area (Å²) in [7, 11) is 1.86. The van der Waals surface area contributed by atoms with Crippen molar-refractivity contribution in [3.05, 3.63) is 66.4 Å². The number of anilines is 1. The number of carbonyl (C=O) groups excluding carboxylic acids is 2. The second-order valence-corrected chi connectivity index (χ2v) is 13.6. The highest BCUT2D eigenvalue weighted by Gasteiger charge is 2.51. The second-order valence-electron chi connectivity index (χ2n) is 13.6. The normalized spacial score (nSPS) is 23.1. The minimum atomic E-state index is -0.720. The van der Waals surface area contributed by atoms with Crippen molar-refractivity contribution in [1.82, 2.24) is 24.8 Å². The summed E-state index contributed by atoms with van der Waals surface area (Å²) in [6.45, 7) is 9.31. The fourth-order valence-corrected chi connectivity index (χ4v) is 8.36. The number of hydrogen-bond donors (Lipinski definition) is 0. The average molecular weight is 665 g/mol. The van der Waals surface area contributed by atoms with Crippen LogP contribution in [0.1, 0.15) is 45.1 Å². The first-order chi connectivity index (χ1) is 23.6. The Morgan fingerprint density at radius 1 is 1.22 bits per heavy atom. The summed E-state index contributed by atoms with van der Waals surface area (Å²) in [6, 6.07) is 7.78. The van der Waals surface area contributed by atoms with Gasteiger partial charge in [-0.15, -0.1) is 6.42 Å². The first-order valence-electron chi connectivity index (χ1n) is 16.7. The van der Waals surface area contributed by atoms with Gasteiger partial charge in [-0.25, -0.2) is 8.78 Å². The van der Waals surface area contributed by atoms with Gasteiger partial charge in [0.25, 0.3) is 0 Å². The van der Waals surface area contributed by atoms with Crippen LogP contribution in [-0.2, 0) is 9.59 Å². The summed E-state index contributed by atoms with van der Waals surface area (Å²) >= 11 is 0. The first kappa shape index (κ1) is 32.4. The van der Waals surface area contributed by atoms with Gasteiger partial charge in [0.05, 0.1) is 23.6 Å². The van der Waals surface area contributed by atoms with Crippen LogP contribution in [-0.4, -0.2) is 81.9 Å². The maximum atomic E-state index is 16.9. The Morgan fingerprint density at radius 3 is 2.80 bits per heavy atom. The molecule has 2 aromatic heterocycles. The van der Waals surface area contributed by atoms with E-state index >= 15 is 4.39 Å². The van der Waals surface area contributed by atoms with E-state index in [2.05, 4.69) is 22.5 Å². The Morgan fingerprint density at radius 2 is 2.04 bits per heavy atom. The van der Waals surface area contributed by atoms with Crippen molar-refractivity contribution in [1.29, 1.82) is 0 Å². The zero-order chi connectivity index (χ0) is 34.6. The molecule has 1 aliphatic carbocycles. The van der Waals surface area contributed by atoms with Gasteiger partial charge in [-0.2, -0.15) is 9.97 Å². The number of pyridine rings is 1. The number of likely N-dealkylation sites (N-methyl/N-ethyl adjacent to an activating group) is 1. The summed E-state index contributed by atoms with van der Waals surface area (Å²) in [5, 5.41) is 1.39. The zero-order valence-corrected chi connectivity index (χ0v) is 27.9. The molecule has 2 amide bonds. The molecule has 0 spiro atoms. The van der Waals surface area contributed by atoms with Crippen molar-refractivity contribution in [3.8, 4) is 29.6 Å². The van der Waals surface area contributed by atoms with E-state index in [4.69, 9.17) is 16.1 Å². The van der Waals surface area contributed by atoms with E-state index in [0.717, 1.165) is 19.3 Å². The Bertz CT molecular complexity index is 2060. The third-order valence-electron chi connectivity index (χ3n) is 11.0. The molecule has 49 heavy (non-hydrogen) atoms. The van der Waals surface area contributed by atoms with E-state index in [0.29, 0.717) is 59.5 Å². The highest BCUT2D eigenvalue weighted by molar-refractivity contribution is 6.02. The third-order valence-corrected chi connectivity index (χ3v) is 11.0. The Labute approximate surface area is 284 Å². The number of hydrogen-bond acceptors (Lipinski definition) is 7. The zero-order valence-electron chi connectivity index (χ0n) is 27.9. The quantitative estimate of drug-likeness (QED) is 0.184. The molecule has 3 fully saturated rings. The predicted molar refractivity (Wildman–Crippen MR) is 184 cm³/mol. The molecule has 252 valence electrons. The van der Waals surface area contributed by atoms with Gasteiger partial charge in [-0.3, -0.25) is 14.6 Å². The maximum absolute atomic E-state index is 16.9. The van der Waals surface area contributed by atoms with Crippen LogP contribution in [0.25, 0.3) is 32.9 Å². The molecule has 4 heterocycles. The summed E-state index contributed by atoms with van der Waals surface area (Å²) in [4.78, 5) is 44.4. The van der Waals surface area contributed by atoms with Gasteiger partial charge in [0.2, 0.25) is 11.8 Å². The van der Waals surface area contributed by atoms with Crippen LogP contribution < -0.4 is 9.64 Å². The van der Waals surface area contributed by atoms with Crippen molar-refractivity contribution in [2.24, 2.45) is 11.3 Å². The lowest BCUT2D eigenvalue weighted by atomic mass is 9.82. The number of aromatic nitrogens is 3. The van der Waals surface area contributed by atoms with Crippen LogP contribution in [0.2, 0.25) is 0 Å². The predicted octanol–water partition coefficient (Wildman–Crippen LogP) is 5.74. The van der Waals surface area contributed by atoms with Crippen LogP contribution in [0.3, 0.4) is 0 Å². The van der Waals surface area contributed by atoms with Crippen molar-refractivity contribution in [2.45, 2.75) is 51.6 Å². The maximum Gasteiger partial charge on any atom is 0.319 e. The molecule has 2 aliphatic heterocycles. The van der Waals surface area contributed by atoms with E-state index < -0.39 is 11.6 Å². The van der Waals surface area contributed by atoms with Gasteiger partial charge in [0.1, 0.15) is 22.8 Å². The van der Waals surface area contributed by atoms with Crippen LogP contribution in [0.5, 0.6) is 6.01 Å². The summed E-state index contributed by atoms with van der Waals surface area (Å²) in [6.07, 6.45) is 12.2. The van der Waals surface area contributed by atoms with Crippen LogP contribution >= 0.6 is 0 Å². The molecule has 0 N–H and O–H groups in total. The topological polar surface area (TPSA) is 91.8 Å². The van der Waals surface area contributed by atoms with Gasteiger partial charge >= 0.3 is 6.01 Å². The largest absolute Gasteiger partial charge is 0.463 e. The van der Waals surface area contributed by atoms with Crippen molar-refractivity contribution < 1.29 is 23.1 Å². The Hall–Kier alpha value is -5.11. The molecule has 11 heteroatoms. The number of ether oxygens (including phenoxy) is 1. The number of amides is 2. The highest BCUT2D eigenvalue weighted by Crippen LogP contribution is 2.49. The summed E-state index contributed by atoms with van der Waals surface area (Å²) < 4.78 is 38.2. The minimum Gasteiger partial charge on any atom is -0.463 e. The number of halogens is 2. The molecule has 3 unspecified atom stereocenters. The lowest BCUT2D eigenvalue weighted by molar-refractivity contribution is -0.128. The van der Waals surface area contributed by atoms with Crippen molar-refractivity contribution in [2.75, 3.05) is 38.2 Å². The summed E-state index contributed by atoms with van der Waals surface area (Å²) in [5.41, 5.74) is 0.0952. The number of rotatable bonds is 7. The van der Waals surface area contributed by atoms with Crippen LogP contribution in [0.4, 0.5) is 14.6 Å².